The Kier molecular flexibility index (Phi) is 5.18. The second-order valence-corrected chi connectivity index (χ2v) is 7.14. The van der Waals surface area contributed by atoms with Crippen LogP contribution in [0.15, 0.2) is 54.0 Å². The molecule has 4 aromatic rings. The first-order valence-electron chi connectivity index (χ1n) is 8.80. The van der Waals surface area contributed by atoms with Gasteiger partial charge in [-0.1, -0.05) is 0 Å². The van der Waals surface area contributed by atoms with E-state index in [2.05, 4.69) is 10.3 Å². The number of carbonyl (C=O) groups excluding carboxylic acids is 1. The third-order valence-corrected chi connectivity index (χ3v) is 5.34. The number of fused-ring (bicyclic) bond motifs is 1. The summed E-state index contributed by atoms with van der Waals surface area (Å²) in [5, 5.41) is 4.77. The average molecular weight is 411 g/mol. The fraction of sp³-hybridized carbons (Fsp3) is 0.143. The van der Waals surface area contributed by atoms with Gasteiger partial charge in [0, 0.05) is 28.9 Å². The highest BCUT2D eigenvalue weighted by Gasteiger charge is 2.14. The lowest BCUT2D eigenvalue weighted by Crippen LogP contribution is -2.15. The van der Waals surface area contributed by atoms with Crippen LogP contribution in [0, 0.1) is 5.82 Å². The lowest BCUT2D eigenvalue weighted by molar-refractivity contribution is -0.115. The zero-order valence-electron chi connectivity index (χ0n) is 15.8. The van der Waals surface area contributed by atoms with Crippen LogP contribution in [0.25, 0.3) is 16.2 Å². The van der Waals surface area contributed by atoms with Crippen LogP contribution in [0.3, 0.4) is 0 Å². The van der Waals surface area contributed by atoms with Crippen LogP contribution < -0.4 is 14.8 Å². The fourth-order valence-electron chi connectivity index (χ4n) is 2.98. The van der Waals surface area contributed by atoms with Crippen LogP contribution in [0.5, 0.6) is 11.5 Å². The van der Waals surface area contributed by atoms with E-state index in [4.69, 9.17) is 9.47 Å². The van der Waals surface area contributed by atoms with Crippen molar-refractivity contribution in [3.63, 3.8) is 0 Å². The monoisotopic (exact) mass is 411 g/mol. The molecule has 0 aliphatic heterocycles. The first kappa shape index (κ1) is 18.9. The largest absolute Gasteiger partial charge is 0.497 e. The minimum Gasteiger partial charge on any atom is -0.497 e. The summed E-state index contributed by atoms with van der Waals surface area (Å²) in [6, 6.07) is 11.4. The summed E-state index contributed by atoms with van der Waals surface area (Å²) in [5.41, 5.74) is 2.94. The highest BCUT2D eigenvalue weighted by atomic mass is 32.1. The van der Waals surface area contributed by atoms with E-state index >= 15 is 0 Å². The van der Waals surface area contributed by atoms with Crippen LogP contribution in [-0.4, -0.2) is 29.5 Å². The Labute approximate surface area is 170 Å². The quantitative estimate of drug-likeness (QED) is 0.511. The van der Waals surface area contributed by atoms with E-state index in [1.54, 1.807) is 37.4 Å². The van der Waals surface area contributed by atoms with Crippen molar-refractivity contribution < 1.29 is 18.7 Å². The molecule has 1 N–H and O–H groups in total. The Morgan fingerprint density at radius 1 is 1.17 bits per heavy atom. The van der Waals surface area contributed by atoms with Crippen LogP contribution in [0.4, 0.5) is 10.1 Å². The number of thiazole rings is 1. The van der Waals surface area contributed by atoms with Crippen LogP contribution in [0.2, 0.25) is 0 Å². The molecule has 29 heavy (non-hydrogen) atoms. The van der Waals surface area contributed by atoms with Crippen molar-refractivity contribution in [2.45, 2.75) is 6.42 Å². The van der Waals surface area contributed by atoms with Crippen LogP contribution in [-0.2, 0) is 11.2 Å². The summed E-state index contributed by atoms with van der Waals surface area (Å²) >= 11 is 1.45. The Bertz CT molecular complexity index is 1170. The molecule has 2 aromatic heterocycles. The Hall–Kier alpha value is -3.39. The van der Waals surface area contributed by atoms with Gasteiger partial charge in [-0.25, -0.2) is 9.37 Å². The fourth-order valence-corrected chi connectivity index (χ4v) is 3.85. The van der Waals surface area contributed by atoms with Gasteiger partial charge in [0.25, 0.3) is 0 Å². The number of amides is 1. The third kappa shape index (κ3) is 3.93. The van der Waals surface area contributed by atoms with Crippen molar-refractivity contribution >= 4 is 27.9 Å². The normalized spacial score (nSPS) is 10.9. The number of nitrogens with zero attached hydrogens (tertiary/aromatic N) is 2. The molecule has 6 nitrogen and oxygen atoms in total. The Balaban J connectivity index is 1.53. The summed E-state index contributed by atoms with van der Waals surface area (Å²) in [5.74, 6) is 0.701. The highest BCUT2D eigenvalue weighted by Crippen LogP contribution is 2.29. The van der Waals surface area contributed by atoms with Gasteiger partial charge in [0.1, 0.15) is 17.3 Å². The number of hydrogen-bond donors (Lipinski definition) is 1. The smallest absolute Gasteiger partial charge is 0.230 e. The van der Waals surface area contributed by atoms with E-state index < -0.39 is 0 Å². The van der Waals surface area contributed by atoms with Gasteiger partial charge in [-0.15, -0.1) is 11.3 Å². The standard InChI is InChI=1S/C21H18FN3O3S/c1-27-16-7-8-17(19(10-16)28-2)23-20(26)9-15-12-29-21-24-18(11-25(15)21)13-3-5-14(22)6-4-13/h3-8,10-12H,9H2,1-2H3,(H,23,26). The number of hydrogen-bond acceptors (Lipinski definition) is 5. The van der Waals surface area contributed by atoms with E-state index in [1.807, 2.05) is 16.0 Å². The van der Waals surface area contributed by atoms with E-state index in [9.17, 15) is 9.18 Å². The maximum Gasteiger partial charge on any atom is 0.230 e. The van der Waals surface area contributed by atoms with Crippen molar-refractivity contribution in [1.82, 2.24) is 9.38 Å². The topological polar surface area (TPSA) is 64.9 Å². The first-order chi connectivity index (χ1) is 14.1. The maximum atomic E-state index is 13.1. The predicted octanol–water partition coefficient (Wildman–Crippen LogP) is 4.40. The van der Waals surface area contributed by atoms with E-state index in [0.29, 0.717) is 17.2 Å². The van der Waals surface area contributed by atoms with Gasteiger partial charge in [-0.05, 0) is 36.4 Å². The van der Waals surface area contributed by atoms with Crippen molar-refractivity contribution in [3.8, 4) is 22.8 Å². The maximum absolute atomic E-state index is 13.1. The molecule has 148 valence electrons. The molecule has 0 bridgehead atoms. The van der Waals surface area contributed by atoms with E-state index in [-0.39, 0.29) is 18.1 Å². The molecule has 0 spiro atoms. The van der Waals surface area contributed by atoms with Crippen molar-refractivity contribution in [3.05, 3.63) is 65.6 Å². The Morgan fingerprint density at radius 2 is 1.97 bits per heavy atom. The molecular formula is C21H18FN3O3S. The molecule has 0 unspecified atom stereocenters. The summed E-state index contributed by atoms with van der Waals surface area (Å²) in [6.45, 7) is 0. The number of methoxy groups -OCH3 is 2. The molecule has 8 heteroatoms. The zero-order valence-corrected chi connectivity index (χ0v) is 16.6. The van der Waals surface area contributed by atoms with Gasteiger partial charge in [-0.2, -0.15) is 0 Å². The summed E-state index contributed by atoms with van der Waals surface area (Å²) < 4.78 is 25.5. The van der Waals surface area contributed by atoms with Crippen molar-refractivity contribution in [2.75, 3.05) is 19.5 Å². The molecule has 2 aromatic carbocycles. The molecule has 0 saturated heterocycles. The number of imidazole rings is 1. The summed E-state index contributed by atoms with van der Waals surface area (Å²) in [4.78, 5) is 17.9. The first-order valence-corrected chi connectivity index (χ1v) is 9.68. The molecule has 0 atom stereocenters. The number of anilines is 1. The van der Waals surface area contributed by atoms with Gasteiger partial charge < -0.3 is 14.8 Å². The number of benzene rings is 2. The second kappa shape index (κ2) is 7.92. The second-order valence-electron chi connectivity index (χ2n) is 6.30. The third-order valence-electron chi connectivity index (χ3n) is 4.45. The SMILES string of the molecule is COc1ccc(NC(=O)Cc2csc3nc(-c4ccc(F)cc4)cn23)c(OC)c1. The lowest BCUT2D eigenvalue weighted by Gasteiger charge is -2.11. The number of nitrogens with one attached hydrogen (secondary N) is 1. The predicted molar refractivity (Wildman–Crippen MR) is 110 cm³/mol. The Morgan fingerprint density at radius 3 is 2.69 bits per heavy atom. The average Bonchev–Trinajstić information content (AvgIpc) is 3.31. The zero-order chi connectivity index (χ0) is 20.4. The van der Waals surface area contributed by atoms with Crippen molar-refractivity contribution in [2.24, 2.45) is 0 Å². The molecule has 0 aliphatic rings. The number of ether oxygens (including phenoxy) is 2. The molecule has 0 fully saturated rings. The number of rotatable bonds is 6. The molecule has 0 aliphatic carbocycles. The lowest BCUT2D eigenvalue weighted by atomic mass is 10.2. The van der Waals surface area contributed by atoms with E-state index in [0.717, 1.165) is 21.9 Å². The minimum absolute atomic E-state index is 0.175. The van der Waals surface area contributed by atoms with Crippen LogP contribution >= 0.6 is 11.3 Å². The highest BCUT2D eigenvalue weighted by molar-refractivity contribution is 7.15. The van der Waals surface area contributed by atoms with Crippen molar-refractivity contribution in [1.29, 1.82) is 0 Å². The minimum atomic E-state index is -0.291. The van der Waals surface area contributed by atoms with E-state index in [1.165, 1.54) is 30.6 Å². The molecule has 2 heterocycles. The molecular weight excluding hydrogens is 393 g/mol. The molecule has 1 amide bonds. The van der Waals surface area contributed by atoms with Gasteiger partial charge >= 0.3 is 0 Å². The summed E-state index contributed by atoms with van der Waals surface area (Å²) in [7, 11) is 3.11. The van der Waals surface area contributed by atoms with Gasteiger partial charge in [0.2, 0.25) is 5.91 Å². The van der Waals surface area contributed by atoms with Gasteiger partial charge in [0.05, 0.1) is 32.0 Å². The van der Waals surface area contributed by atoms with Crippen LogP contribution in [0.1, 0.15) is 5.69 Å². The molecule has 0 radical (unpaired) electrons. The number of carbonyl (C=O) groups is 1. The van der Waals surface area contributed by atoms with Gasteiger partial charge in [0.15, 0.2) is 4.96 Å². The molecule has 0 saturated carbocycles. The van der Waals surface area contributed by atoms with Gasteiger partial charge in [-0.3, -0.25) is 9.20 Å². The summed E-state index contributed by atoms with van der Waals surface area (Å²) in [6.07, 6.45) is 2.03. The number of aromatic nitrogens is 2. The number of halogens is 1. The molecule has 4 rings (SSSR count).